The Bertz CT molecular complexity index is 921. The molecule has 1 fully saturated rings. The van der Waals surface area contributed by atoms with Crippen molar-refractivity contribution in [3.05, 3.63) is 77.6 Å². The molecule has 5 nitrogen and oxygen atoms in total. The molecule has 3 aromatic rings. The minimum Gasteiger partial charge on any atom is -0.300 e. The first-order chi connectivity index (χ1) is 14.3. The van der Waals surface area contributed by atoms with E-state index in [-0.39, 0.29) is 5.78 Å². The van der Waals surface area contributed by atoms with Crippen LogP contribution < -0.4 is 0 Å². The SMILES string of the molecule is O=C(CSc1nnc(CN2CCCCC2)n1Cc1ccccc1)c1ccccc1. The molecule has 2 aromatic carbocycles. The number of nitrogens with zero attached hydrogens (tertiary/aromatic N) is 4. The smallest absolute Gasteiger partial charge is 0.192 e. The summed E-state index contributed by atoms with van der Waals surface area (Å²) in [5.41, 5.74) is 1.95. The maximum Gasteiger partial charge on any atom is 0.192 e. The number of hydrogen-bond donors (Lipinski definition) is 0. The highest BCUT2D eigenvalue weighted by Gasteiger charge is 2.19. The number of rotatable bonds is 8. The predicted molar refractivity (Wildman–Crippen MR) is 116 cm³/mol. The standard InChI is InChI=1S/C23H26N4OS/c28-21(20-12-6-2-7-13-20)18-29-23-25-24-22(17-26-14-8-3-9-15-26)27(23)16-19-10-4-1-5-11-19/h1-2,4-7,10-13H,3,8-9,14-18H2. The Morgan fingerprint density at radius 2 is 1.55 bits per heavy atom. The van der Waals surface area contributed by atoms with Crippen molar-refractivity contribution in [1.29, 1.82) is 0 Å². The summed E-state index contributed by atoms with van der Waals surface area (Å²) in [7, 11) is 0. The highest BCUT2D eigenvalue weighted by Crippen LogP contribution is 2.22. The van der Waals surface area contributed by atoms with Gasteiger partial charge in [0.25, 0.3) is 0 Å². The first kappa shape index (κ1) is 19.9. The van der Waals surface area contributed by atoms with Crippen molar-refractivity contribution < 1.29 is 4.79 Å². The topological polar surface area (TPSA) is 51.0 Å². The molecule has 1 saturated heterocycles. The van der Waals surface area contributed by atoms with Gasteiger partial charge in [-0.15, -0.1) is 10.2 Å². The molecule has 1 aromatic heterocycles. The van der Waals surface area contributed by atoms with E-state index >= 15 is 0 Å². The number of ketones is 1. The number of hydrogen-bond acceptors (Lipinski definition) is 5. The number of aromatic nitrogens is 3. The first-order valence-electron chi connectivity index (χ1n) is 10.2. The van der Waals surface area contributed by atoms with Crippen molar-refractivity contribution in [2.75, 3.05) is 18.8 Å². The van der Waals surface area contributed by atoms with Gasteiger partial charge in [-0.25, -0.2) is 0 Å². The second-order valence-electron chi connectivity index (χ2n) is 7.39. The molecule has 0 aliphatic carbocycles. The summed E-state index contributed by atoms with van der Waals surface area (Å²) in [6.07, 6.45) is 3.82. The average molecular weight is 407 g/mol. The largest absolute Gasteiger partial charge is 0.300 e. The fourth-order valence-electron chi connectivity index (χ4n) is 3.62. The van der Waals surface area contributed by atoms with Gasteiger partial charge in [-0.1, -0.05) is 78.8 Å². The molecular formula is C23H26N4OS. The molecular weight excluding hydrogens is 380 g/mol. The average Bonchev–Trinajstić information content (AvgIpc) is 3.15. The van der Waals surface area contributed by atoms with Crippen molar-refractivity contribution in [1.82, 2.24) is 19.7 Å². The molecule has 0 amide bonds. The predicted octanol–water partition coefficient (Wildman–Crippen LogP) is 4.29. The van der Waals surface area contributed by atoms with Crippen molar-refractivity contribution in [3.63, 3.8) is 0 Å². The van der Waals surface area contributed by atoms with Crippen LogP contribution in [0.15, 0.2) is 65.8 Å². The Morgan fingerprint density at radius 1 is 0.862 bits per heavy atom. The fraction of sp³-hybridized carbons (Fsp3) is 0.348. The molecule has 0 saturated carbocycles. The van der Waals surface area contributed by atoms with E-state index < -0.39 is 0 Å². The van der Waals surface area contributed by atoms with Crippen molar-refractivity contribution >= 4 is 17.5 Å². The van der Waals surface area contributed by atoms with Gasteiger partial charge in [-0.2, -0.15) is 0 Å². The summed E-state index contributed by atoms with van der Waals surface area (Å²) in [5, 5.41) is 9.75. The molecule has 4 rings (SSSR count). The molecule has 29 heavy (non-hydrogen) atoms. The molecule has 1 aliphatic heterocycles. The molecule has 6 heteroatoms. The summed E-state index contributed by atoms with van der Waals surface area (Å²) in [6.45, 7) is 3.77. The molecule has 0 radical (unpaired) electrons. The van der Waals surface area contributed by atoms with Crippen LogP contribution in [0.25, 0.3) is 0 Å². The molecule has 0 N–H and O–H groups in total. The Balaban J connectivity index is 1.51. The van der Waals surface area contributed by atoms with E-state index in [2.05, 4.69) is 43.9 Å². The van der Waals surface area contributed by atoms with Gasteiger partial charge in [0.05, 0.1) is 18.8 Å². The van der Waals surface area contributed by atoms with Crippen LogP contribution in [-0.4, -0.2) is 44.3 Å². The van der Waals surface area contributed by atoms with Gasteiger partial charge in [0.1, 0.15) is 5.82 Å². The van der Waals surface area contributed by atoms with Crippen LogP contribution in [-0.2, 0) is 13.1 Å². The third-order valence-corrected chi connectivity index (χ3v) is 6.19. The lowest BCUT2D eigenvalue weighted by atomic mass is 10.1. The quantitative estimate of drug-likeness (QED) is 0.413. The second kappa shape index (κ2) is 9.85. The van der Waals surface area contributed by atoms with E-state index in [1.165, 1.54) is 36.6 Å². The van der Waals surface area contributed by atoms with Crippen LogP contribution in [0.4, 0.5) is 0 Å². The van der Waals surface area contributed by atoms with Crippen molar-refractivity contribution in [2.24, 2.45) is 0 Å². The summed E-state index contributed by atoms with van der Waals surface area (Å²) >= 11 is 1.47. The third-order valence-electron chi connectivity index (χ3n) is 5.22. The van der Waals surface area contributed by atoms with Gasteiger partial charge in [-0.05, 0) is 31.5 Å². The van der Waals surface area contributed by atoms with Crippen molar-refractivity contribution in [3.8, 4) is 0 Å². The Kier molecular flexibility index (Phi) is 6.75. The number of benzene rings is 2. The van der Waals surface area contributed by atoms with Crippen LogP contribution in [0.2, 0.25) is 0 Å². The van der Waals surface area contributed by atoms with E-state index in [4.69, 9.17) is 0 Å². The summed E-state index contributed by atoms with van der Waals surface area (Å²) in [5.74, 6) is 1.45. The lowest BCUT2D eigenvalue weighted by Gasteiger charge is -2.26. The second-order valence-corrected chi connectivity index (χ2v) is 8.33. The van der Waals surface area contributed by atoms with Crippen LogP contribution >= 0.6 is 11.8 Å². The normalized spacial score (nSPS) is 14.8. The minimum atomic E-state index is 0.113. The Hall–Kier alpha value is -2.44. The van der Waals surface area contributed by atoms with E-state index in [1.807, 2.05) is 36.4 Å². The molecule has 150 valence electrons. The number of likely N-dealkylation sites (tertiary alicyclic amines) is 1. The number of thioether (sulfide) groups is 1. The van der Waals surface area contributed by atoms with E-state index in [1.54, 1.807) is 0 Å². The molecule has 0 atom stereocenters. The van der Waals surface area contributed by atoms with Gasteiger partial charge in [0.2, 0.25) is 0 Å². The summed E-state index contributed by atoms with van der Waals surface area (Å²) < 4.78 is 2.17. The number of piperidine rings is 1. The number of Topliss-reactive ketones (excluding diaryl/α,β-unsaturated/α-hetero) is 1. The third kappa shape index (κ3) is 5.34. The van der Waals surface area contributed by atoms with Crippen LogP contribution in [0, 0.1) is 0 Å². The van der Waals surface area contributed by atoms with Gasteiger partial charge >= 0.3 is 0 Å². The van der Waals surface area contributed by atoms with E-state index in [0.29, 0.717) is 5.75 Å². The lowest BCUT2D eigenvalue weighted by molar-refractivity contribution is 0.102. The zero-order valence-corrected chi connectivity index (χ0v) is 17.4. The monoisotopic (exact) mass is 406 g/mol. The fourth-order valence-corrected chi connectivity index (χ4v) is 4.47. The van der Waals surface area contributed by atoms with E-state index in [0.717, 1.165) is 42.7 Å². The van der Waals surface area contributed by atoms with Crippen LogP contribution in [0.1, 0.15) is 41.0 Å². The van der Waals surface area contributed by atoms with Crippen LogP contribution in [0.5, 0.6) is 0 Å². The highest BCUT2D eigenvalue weighted by molar-refractivity contribution is 7.99. The molecule has 1 aliphatic rings. The summed E-state index contributed by atoms with van der Waals surface area (Å²) in [4.78, 5) is 15.0. The summed E-state index contributed by atoms with van der Waals surface area (Å²) in [6, 6.07) is 19.8. The Morgan fingerprint density at radius 3 is 2.28 bits per heavy atom. The molecule has 0 unspecified atom stereocenters. The maximum absolute atomic E-state index is 12.5. The zero-order valence-electron chi connectivity index (χ0n) is 16.5. The molecule has 0 spiro atoms. The maximum atomic E-state index is 12.5. The molecule has 2 heterocycles. The van der Waals surface area contributed by atoms with E-state index in [9.17, 15) is 4.79 Å². The Labute approximate surface area is 176 Å². The van der Waals surface area contributed by atoms with Gasteiger partial charge in [0.15, 0.2) is 10.9 Å². The van der Waals surface area contributed by atoms with Gasteiger partial charge in [-0.3, -0.25) is 9.69 Å². The minimum absolute atomic E-state index is 0.113. The van der Waals surface area contributed by atoms with Crippen molar-refractivity contribution in [2.45, 2.75) is 37.5 Å². The first-order valence-corrected chi connectivity index (χ1v) is 11.2. The highest BCUT2D eigenvalue weighted by atomic mass is 32.2. The van der Waals surface area contributed by atoms with Crippen LogP contribution in [0.3, 0.4) is 0 Å². The number of carbonyl (C=O) groups is 1. The number of carbonyl (C=O) groups excluding carboxylic acids is 1. The zero-order chi connectivity index (χ0) is 19.9. The lowest BCUT2D eigenvalue weighted by Crippen LogP contribution is -2.30. The molecule has 0 bridgehead atoms. The van der Waals surface area contributed by atoms with Gasteiger partial charge in [0, 0.05) is 5.56 Å². The van der Waals surface area contributed by atoms with Gasteiger partial charge < -0.3 is 4.57 Å².